The summed E-state index contributed by atoms with van der Waals surface area (Å²) in [5.74, 6) is 0. The fourth-order valence-corrected chi connectivity index (χ4v) is 8.63. The number of unbranched alkanes of at least 4 members (excludes halogenated alkanes) is 43. The van der Waals surface area contributed by atoms with E-state index < -0.39 is 0 Å². The molecule has 0 rings (SSSR count). The fourth-order valence-electron chi connectivity index (χ4n) is 8.63. The lowest BCUT2D eigenvalue weighted by Crippen LogP contribution is -2.27. The van der Waals surface area contributed by atoms with E-state index in [9.17, 15) is 0 Å². The van der Waals surface area contributed by atoms with Crippen molar-refractivity contribution >= 4 is 12.4 Å². The van der Waals surface area contributed by atoms with E-state index >= 15 is 0 Å². The minimum absolute atomic E-state index is 0. The SMILES string of the molecule is CCCCCCCCCCCCCCCCCCN(CCCCCCCCCCCCCCCC)CCCCCCCCCCCCCCCCCC.Cl. The van der Waals surface area contributed by atoms with Gasteiger partial charge in [-0.3, -0.25) is 0 Å². The molecule has 2 heteroatoms. The van der Waals surface area contributed by atoms with Crippen molar-refractivity contribution < 1.29 is 0 Å². The summed E-state index contributed by atoms with van der Waals surface area (Å²) in [6.45, 7) is 11.1. The molecule has 1 nitrogen and oxygen atoms in total. The van der Waals surface area contributed by atoms with E-state index in [4.69, 9.17) is 0 Å². The first-order chi connectivity index (χ1) is 26.3. The lowest BCUT2D eigenvalue weighted by atomic mass is 10.0. The van der Waals surface area contributed by atoms with Gasteiger partial charge in [0, 0.05) is 0 Å². The van der Waals surface area contributed by atoms with Crippen molar-refractivity contribution in [1.29, 1.82) is 0 Å². The Morgan fingerprint density at radius 2 is 0.278 bits per heavy atom. The smallest absolute Gasteiger partial charge is 0.00187 e. The highest BCUT2D eigenvalue weighted by molar-refractivity contribution is 5.85. The molecule has 0 radical (unpaired) electrons. The minimum Gasteiger partial charge on any atom is -0.303 e. The molecule has 0 saturated carbocycles. The van der Waals surface area contributed by atoms with Gasteiger partial charge in [0.05, 0.1) is 0 Å². The number of halogens is 1. The Morgan fingerprint density at radius 3 is 0.407 bits per heavy atom. The standard InChI is InChI=1S/C52H107N.ClH/c1-4-7-10-13-16-19-22-25-28-30-33-36-39-42-45-48-51-53(50-47-44-41-38-35-32-27-24-21-18-15-12-9-6-3)52-49-46-43-40-37-34-31-29-26-23-20-17-14-11-8-5-2;/h4-52H2,1-3H3;1H. The molecule has 54 heavy (non-hydrogen) atoms. The zero-order valence-corrected chi connectivity index (χ0v) is 39.3. The van der Waals surface area contributed by atoms with Gasteiger partial charge in [-0.1, -0.05) is 297 Å². The molecule has 0 spiro atoms. The van der Waals surface area contributed by atoms with Crippen molar-refractivity contribution in [2.75, 3.05) is 19.6 Å². The Hall–Kier alpha value is 0.250. The highest BCUT2D eigenvalue weighted by Gasteiger charge is 2.06. The average molecular weight is 783 g/mol. The van der Waals surface area contributed by atoms with Crippen LogP contribution in [0.15, 0.2) is 0 Å². The zero-order chi connectivity index (χ0) is 38.2. The van der Waals surface area contributed by atoms with Gasteiger partial charge in [0.15, 0.2) is 0 Å². The molecule has 0 saturated heterocycles. The van der Waals surface area contributed by atoms with Crippen molar-refractivity contribution in [2.45, 2.75) is 316 Å². The number of hydrogen-bond acceptors (Lipinski definition) is 1. The topological polar surface area (TPSA) is 3.24 Å². The third-order valence-corrected chi connectivity index (χ3v) is 12.5. The van der Waals surface area contributed by atoms with Crippen LogP contribution in [0.3, 0.4) is 0 Å². The van der Waals surface area contributed by atoms with Crippen LogP contribution in [0.2, 0.25) is 0 Å². The van der Waals surface area contributed by atoms with E-state index in [2.05, 4.69) is 25.7 Å². The predicted octanol–water partition coefficient (Wildman–Crippen LogP) is 19.7. The van der Waals surface area contributed by atoms with Crippen molar-refractivity contribution in [2.24, 2.45) is 0 Å². The third kappa shape index (κ3) is 50.3. The number of rotatable bonds is 49. The van der Waals surface area contributed by atoms with E-state index in [1.165, 1.54) is 315 Å². The molecule has 0 aromatic heterocycles. The molecular formula is C52H108ClN. The highest BCUT2D eigenvalue weighted by atomic mass is 35.5. The summed E-state index contributed by atoms with van der Waals surface area (Å²) >= 11 is 0. The van der Waals surface area contributed by atoms with Gasteiger partial charge in [-0.15, -0.1) is 12.4 Å². The molecule has 328 valence electrons. The van der Waals surface area contributed by atoms with Gasteiger partial charge in [0.2, 0.25) is 0 Å². The van der Waals surface area contributed by atoms with Crippen LogP contribution in [0.4, 0.5) is 0 Å². The lowest BCUT2D eigenvalue weighted by molar-refractivity contribution is 0.254. The summed E-state index contributed by atoms with van der Waals surface area (Å²) in [5.41, 5.74) is 0. The van der Waals surface area contributed by atoms with Crippen LogP contribution >= 0.6 is 12.4 Å². The molecule has 0 aromatic rings. The number of nitrogens with zero attached hydrogens (tertiary/aromatic N) is 1. The molecule has 0 atom stereocenters. The fraction of sp³-hybridized carbons (Fsp3) is 1.00. The average Bonchev–Trinajstić information content (AvgIpc) is 3.17. The molecular weight excluding hydrogens is 674 g/mol. The summed E-state index contributed by atoms with van der Waals surface area (Å²) in [6.07, 6.45) is 67.5. The molecule has 0 fully saturated rings. The Bertz CT molecular complexity index is 571. The summed E-state index contributed by atoms with van der Waals surface area (Å²) < 4.78 is 0. The second kappa shape index (κ2) is 53.2. The molecule has 0 N–H and O–H groups in total. The van der Waals surface area contributed by atoms with Gasteiger partial charge in [0.1, 0.15) is 0 Å². The van der Waals surface area contributed by atoms with Gasteiger partial charge in [-0.2, -0.15) is 0 Å². The van der Waals surface area contributed by atoms with E-state index in [1.54, 1.807) is 0 Å². The van der Waals surface area contributed by atoms with Crippen LogP contribution in [-0.4, -0.2) is 24.5 Å². The highest BCUT2D eigenvalue weighted by Crippen LogP contribution is 2.17. The monoisotopic (exact) mass is 782 g/mol. The van der Waals surface area contributed by atoms with E-state index in [0.29, 0.717) is 0 Å². The number of hydrogen-bond donors (Lipinski definition) is 0. The Labute approximate surface area is 351 Å². The van der Waals surface area contributed by atoms with Crippen molar-refractivity contribution in [1.82, 2.24) is 4.90 Å². The lowest BCUT2D eigenvalue weighted by Gasteiger charge is -2.22. The summed E-state index contributed by atoms with van der Waals surface area (Å²) in [5, 5.41) is 0. The molecule has 0 bridgehead atoms. The molecule has 0 aliphatic carbocycles. The van der Waals surface area contributed by atoms with Gasteiger partial charge < -0.3 is 4.90 Å². The Balaban J connectivity index is 0. The van der Waals surface area contributed by atoms with Crippen LogP contribution < -0.4 is 0 Å². The minimum atomic E-state index is 0. The Kier molecular flexibility index (Phi) is 55.6. The maximum absolute atomic E-state index is 2.88. The Morgan fingerprint density at radius 1 is 0.167 bits per heavy atom. The summed E-state index contributed by atoms with van der Waals surface area (Å²) in [6, 6.07) is 0. The quantitative estimate of drug-likeness (QED) is 0.0556. The molecule has 0 aromatic carbocycles. The van der Waals surface area contributed by atoms with Gasteiger partial charge >= 0.3 is 0 Å². The van der Waals surface area contributed by atoms with Gasteiger partial charge in [-0.25, -0.2) is 0 Å². The molecule has 0 aliphatic rings. The van der Waals surface area contributed by atoms with Crippen LogP contribution in [0.1, 0.15) is 316 Å². The first-order valence-corrected chi connectivity index (χ1v) is 26.1. The first-order valence-electron chi connectivity index (χ1n) is 26.1. The van der Waals surface area contributed by atoms with Crippen molar-refractivity contribution in [3.05, 3.63) is 0 Å². The molecule has 0 heterocycles. The van der Waals surface area contributed by atoms with Gasteiger partial charge in [0.25, 0.3) is 0 Å². The van der Waals surface area contributed by atoms with Crippen molar-refractivity contribution in [3.63, 3.8) is 0 Å². The van der Waals surface area contributed by atoms with E-state index in [1.807, 2.05) is 0 Å². The predicted molar refractivity (Wildman–Crippen MR) is 253 cm³/mol. The molecule has 0 unspecified atom stereocenters. The van der Waals surface area contributed by atoms with Crippen LogP contribution in [-0.2, 0) is 0 Å². The first kappa shape index (κ1) is 56.3. The van der Waals surface area contributed by atoms with E-state index in [-0.39, 0.29) is 12.4 Å². The second-order valence-electron chi connectivity index (χ2n) is 18.0. The maximum Gasteiger partial charge on any atom is -0.00187 e. The zero-order valence-electron chi connectivity index (χ0n) is 38.5. The largest absolute Gasteiger partial charge is 0.303 e. The van der Waals surface area contributed by atoms with Crippen LogP contribution in [0.25, 0.3) is 0 Å². The normalized spacial score (nSPS) is 11.6. The van der Waals surface area contributed by atoms with E-state index in [0.717, 1.165) is 0 Å². The van der Waals surface area contributed by atoms with Gasteiger partial charge in [-0.05, 0) is 38.9 Å². The maximum atomic E-state index is 2.88. The summed E-state index contributed by atoms with van der Waals surface area (Å²) in [7, 11) is 0. The summed E-state index contributed by atoms with van der Waals surface area (Å²) in [4.78, 5) is 2.88. The molecule has 0 aliphatic heterocycles. The van der Waals surface area contributed by atoms with Crippen LogP contribution in [0, 0.1) is 0 Å². The van der Waals surface area contributed by atoms with Crippen LogP contribution in [0.5, 0.6) is 0 Å². The third-order valence-electron chi connectivity index (χ3n) is 12.5. The second-order valence-corrected chi connectivity index (χ2v) is 18.0. The molecule has 0 amide bonds. The van der Waals surface area contributed by atoms with Crippen molar-refractivity contribution in [3.8, 4) is 0 Å².